The minimum atomic E-state index is -4.44. The normalized spacial score (nSPS) is 12.8. The molecule has 0 atom stereocenters. The number of carbonyl (C=O) groups excluding carboxylic acids is 1. The molecule has 0 aliphatic carbocycles. The molecule has 0 aromatic heterocycles. The van der Waals surface area contributed by atoms with Gasteiger partial charge in [-0.05, 0) is 13.8 Å². The molecule has 13 heavy (non-hydrogen) atoms. The van der Waals surface area contributed by atoms with Crippen LogP contribution in [0.3, 0.4) is 0 Å². The van der Waals surface area contributed by atoms with Crippen LogP contribution in [0, 0.1) is 0 Å². The summed E-state index contributed by atoms with van der Waals surface area (Å²) in [6.07, 6.45) is -4.44. The molecule has 78 valence electrons. The zero-order valence-electron chi connectivity index (χ0n) is 7.04. The Morgan fingerprint density at radius 2 is 1.92 bits per heavy atom. The minimum Gasteiger partial charge on any atom is -0.271 e. The van der Waals surface area contributed by atoms with Gasteiger partial charge in [-0.3, -0.25) is 9.63 Å². The topological polar surface area (TPSA) is 38.3 Å². The number of hydrogen-bond donors (Lipinski definition) is 1. The molecule has 0 saturated heterocycles. The minimum absolute atomic E-state index is 0.670. The van der Waals surface area contributed by atoms with Crippen LogP contribution in [-0.2, 0) is 9.63 Å². The molecule has 0 aliphatic rings. The highest BCUT2D eigenvalue weighted by molar-refractivity contribution is 9.10. The van der Waals surface area contributed by atoms with Crippen LogP contribution in [0.15, 0.2) is 0 Å². The lowest BCUT2D eigenvalue weighted by Crippen LogP contribution is -2.39. The second-order valence-corrected chi connectivity index (χ2v) is 4.79. The molecule has 1 N–H and O–H groups in total. The molecule has 0 heterocycles. The van der Waals surface area contributed by atoms with E-state index in [9.17, 15) is 18.0 Å². The molecule has 0 aliphatic heterocycles. The fraction of sp³-hybridized carbons (Fsp3) is 0.833. The molecule has 0 spiro atoms. The predicted molar refractivity (Wildman–Crippen MR) is 43.2 cm³/mol. The van der Waals surface area contributed by atoms with Gasteiger partial charge in [-0.25, -0.2) is 5.48 Å². The lowest BCUT2D eigenvalue weighted by Gasteiger charge is -2.15. The fourth-order valence-electron chi connectivity index (χ4n) is 0.305. The monoisotopic (exact) mass is 263 g/mol. The molecule has 0 fully saturated rings. The average molecular weight is 264 g/mol. The second-order valence-electron chi connectivity index (χ2n) is 2.81. The van der Waals surface area contributed by atoms with Crippen LogP contribution < -0.4 is 5.48 Å². The average Bonchev–Trinajstić information content (AvgIpc) is 1.82. The molecule has 7 heteroatoms. The maximum atomic E-state index is 11.5. The summed E-state index contributed by atoms with van der Waals surface area (Å²) in [5.74, 6) is -0.670. The molecule has 0 bridgehead atoms. The predicted octanol–water partition coefficient (Wildman–Crippen LogP) is 1.77. The van der Waals surface area contributed by atoms with E-state index in [1.54, 1.807) is 5.48 Å². The van der Waals surface area contributed by atoms with Crippen molar-refractivity contribution in [2.75, 3.05) is 6.61 Å². The van der Waals surface area contributed by atoms with E-state index in [2.05, 4.69) is 20.8 Å². The van der Waals surface area contributed by atoms with Crippen molar-refractivity contribution in [1.82, 2.24) is 5.48 Å². The van der Waals surface area contributed by atoms with Crippen molar-refractivity contribution in [2.45, 2.75) is 24.3 Å². The van der Waals surface area contributed by atoms with E-state index in [0.717, 1.165) is 0 Å². The summed E-state index contributed by atoms with van der Waals surface area (Å²) in [5.41, 5.74) is 1.67. The lowest BCUT2D eigenvalue weighted by atomic mass is 10.2. The number of rotatable bonds is 3. The lowest BCUT2D eigenvalue weighted by molar-refractivity contribution is -0.192. The van der Waals surface area contributed by atoms with Crippen molar-refractivity contribution in [3.05, 3.63) is 0 Å². The van der Waals surface area contributed by atoms with E-state index < -0.39 is 23.0 Å². The molecule has 0 unspecified atom stereocenters. The van der Waals surface area contributed by atoms with Gasteiger partial charge in [0.25, 0.3) is 5.91 Å². The Balaban J connectivity index is 3.74. The van der Waals surface area contributed by atoms with Gasteiger partial charge in [0.1, 0.15) is 4.32 Å². The third kappa shape index (κ3) is 6.83. The van der Waals surface area contributed by atoms with E-state index in [0.29, 0.717) is 0 Å². The van der Waals surface area contributed by atoms with E-state index >= 15 is 0 Å². The second kappa shape index (κ2) is 4.28. The van der Waals surface area contributed by atoms with Crippen molar-refractivity contribution in [2.24, 2.45) is 0 Å². The van der Waals surface area contributed by atoms with Gasteiger partial charge in [-0.15, -0.1) is 0 Å². The first-order valence-corrected chi connectivity index (χ1v) is 4.10. The number of nitrogens with one attached hydrogen (secondary N) is 1. The van der Waals surface area contributed by atoms with Gasteiger partial charge in [0.05, 0.1) is 0 Å². The summed E-state index contributed by atoms with van der Waals surface area (Å²) in [6, 6.07) is 0. The third-order valence-corrected chi connectivity index (χ3v) is 1.30. The molecule has 0 saturated carbocycles. The molecule has 0 aromatic rings. The highest BCUT2D eigenvalue weighted by Gasteiger charge is 2.30. The van der Waals surface area contributed by atoms with Crippen LogP contribution in [0.25, 0.3) is 0 Å². The Kier molecular flexibility index (Phi) is 4.18. The quantitative estimate of drug-likeness (QED) is 0.623. The Labute approximate surface area is 81.7 Å². The van der Waals surface area contributed by atoms with E-state index in [1.807, 2.05) is 0 Å². The van der Waals surface area contributed by atoms with Crippen molar-refractivity contribution < 1.29 is 22.8 Å². The standard InChI is InChI=1S/C6H9BrF3NO2/c1-5(2,7)4(12)11-13-3-6(8,9)10/h3H2,1-2H3,(H,11,12). The first-order valence-electron chi connectivity index (χ1n) is 3.31. The van der Waals surface area contributed by atoms with Crippen LogP contribution >= 0.6 is 15.9 Å². The van der Waals surface area contributed by atoms with E-state index in [4.69, 9.17) is 0 Å². The Bertz CT molecular complexity index is 187. The van der Waals surface area contributed by atoms with Gasteiger partial charge >= 0.3 is 6.18 Å². The summed E-state index contributed by atoms with van der Waals surface area (Å²) < 4.78 is 33.6. The van der Waals surface area contributed by atoms with Crippen LogP contribution in [0.5, 0.6) is 0 Å². The largest absolute Gasteiger partial charge is 0.414 e. The summed E-state index contributed by atoms with van der Waals surface area (Å²) in [4.78, 5) is 14.8. The van der Waals surface area contributed by atoms with Gasteiger partial charge in [0.2, 0.25) is 0 Å². The summed E-state index contributed by atoms with van der Waals surface area (Å²) in [5, 5.41) is 0. The molecule has 3 nitrogen and oxygen atoms in total. The maximum Gasteiger partial charge on any atom is 0.414 e. The number of amides is 1. The van der Waals surface area contributed by atoms with Gasteiger partial charge in [-0.1, -0.05) is 15.9 Å². The zero-order valence-corrected chi connectivity index (χ0v) is 8.62. The number of halogens is 4. The van der Waals surface area contributed by atoms with E-state index in [-0.39, 0.29) is 0 Å². The number of hydroxylamine groups is 1. The Morgan fingerprint density at radius 3 is 2.23 bits per heavy atom. The highest BCUT2D eigenvalue weighted by Crippen LogP contribution is 2.16. The summed E-state index contributed by atoms with van der Waals surface area (Å²) >= 11 is 2.95. The summed E-state index contributed by atoms with van der Waals surface area (Å²) in [7, 11) is 0. The maximum absolute atomic E-state index is 11.5. The fourth-order valence-corrected chi connectivity index (χ4v) is 0.386. The van der Waals surface area contributed by atoms with E-state index in [1.165, 1.54) is 13.8 Å². The molecular weight excluding hydrogens is 255 g/mol. The third-order valence-electron chi connectivity index (χ3n) is 0.941. The Hall–Kier alpha value is -0.300. The van der Waals surface area contributed by atoms with Gasteiger partial charge in [0.15, 0.2) is 6.61 Å². The SMILES string of the molecule is CC(C)(Br)C(=O)NOCC(F)(F)F. The van der Waals surface area contributed by atoms with Gasteiger partial charge in [0, 0.05) is 0 Å². The molecule has 0 radical (unpaired) electrons. The van der Waals surface area contributed by atoms with Crippen molar-refractivity contribution in [1.29, 1.82) is 0 Å². The molecule has 0 aromatic carbocycles. The van der Waals surface area contributed by atoms with Crippen LogP contribution in [0.2, 0.25) is 0 Å². The first-order chi connectivity index (χ1) is 5.63. The number of alkyl halides is 4. The van der Waals surface area contributed by atoms with Gasteiger partial charge in [-0.2, -0.15) is 13.2 Å². The smallest absolute Gasteiger partial charge is 0.271 e. The first kappa shape index (κ1) is 12.7. The van der Waals surface area contributed by atoms with Crippen LogP contribution in [-0.4, -0.2) is 23.0 Å². The number of hydrogen-bond acceptors (Lipinski definition) is 2. The Morgan fingerprint density at radius 1 is 1.46 bits per heavy atom. The highest BCUT2D eigenvalue weighted by atomic mass is 79.9. The van der Waals surface area contributed by atoms with Crippen molar-refractivity contribution in [3.8, 4) is 0 Å². The van der Waals surface area contributed by atoms with Crippen molar-refractivity contribution in [3.63, 3.8) is 0 Å². The molecule has 1 amide bonds. The van der Waals surface area contributed by atoms with Crippen LogP contribution in [0.1, 0.15) is 13.8 Å². The van der Waals surface area contributed by atoms with Gasteiger partial charge < -0.3 is 0 Å². The number of carbonyl (C=O) groups is 1. The molecule has 0 rings (SSSR count). The zero-order chi connectivity index (χ0) is 10.7. The van der Waals surface area contributed by atoms with Crippen molar-refractivity contribution >= 4 is 21.8 Å². The van der Waals surface area contributed by atoms with Crippen LogP contribution in [0.4, 0.5) is 13.2 Å². The summed E-state index contributed by atoms with van der Waals surface area (Å²) in [6.45, 7) is 1.47. The molecular formula is C6H9BrF3NO2.